The molecule has 3 rings (SSSR count). The summed E-state index contributed by atoms with van der Waals surface area (Å²) in [5, 5.41) is 10.7. The van der Waals surface area contributed by atoms with Crippen LogP contribution in [0.3, 0.4) is 0 Å². The smallest absolute Gasteiger partial charge is 0.0876 e. The number of halogens is 1. The van der Waals surface area contributed by atoms with Crippen LogP contribution in [0.5, 0.6) is 0 Å². The minimum atomic E-state index is -0.478. The van der Waals surface area contributed by atoms with Gasteiger partial charge in [0.15, 0.2) is 0 Å². The normalized spacial score (nSPS) is 19.2. The van der Waals surface area contributed by atoms with E-state index >= 15 is 0 Å². The van der Waals surface area contributed by atoms with Crippen molar-refractivity contribution in [2.75, 3.05) is 0 Å². The average molecular weight is 318 g/mol. The Bertz CT molecular complexity index is 611. The van der Waals surface area contributed by atoms with Crippen LogP contribution in [0.15, 0.2) is 41.0 Å². The van der Waals surface area contributed by atoms with E-state index in [-0.39, 0.29) is 5.92 Å². The van der Waals surface area contributed by atoms with Crippen LogP contribution in [-0.4, -0.2) is 10.1 Å². The van der Waals surface area contributed by atoms with Crippen molar-refractivity contribution in [2.24, 2.45) is 0 Å². The quantitative estimate of drug-likeness (QED) is 0.910. The van der Waals surface area contributed by atoms with Gasteiger partial charge in [-0.25, -0.2) is 0 Å². The highest BCUT2D eigenvalue weighted by molar-refractivity contribution is 9.10. The monoisotopic (exact) mass is 317 g/mol. The number of benzene rings is 1. The molecule has 19 heavy (non-hydrogen) atoms. The van der Waals surface area contributed by atoms with Gasteiger partial charge in [-0.3, -0.25) is 4.98 Å². The van der Waals surface area contributed by atoms with Gasteiger partial charge in [-0.2, -0.15) is 0 Å². The van der Waals surface area contributed by atoms with E-state index in [1.807, 2.05) is 37.4 Å². The molecule has 2 aromatic rings. The molecule has 1 N–H and O–H groups in total. The molecule has 1 aromatic heterocycles. The first-order chi connectivity index (χ1) is 9.18. The van der Waals surface area contributed by atoms with Gasteiger partial charge in [-0.15, -0.1) is 0 Å². The number of fused-ring (bicyclic) bond motifs is 1. The van der Waals surface area contributed by atoms with Crippen molar-refractivity contribution in [1.82, 2.24) is 4.98 Å². The number of aromatic nitrogens is 1. The first-order valence-corrected chi connectivity index (χ1v) is 7.34. The lowest BCUT2D eigenvalue weighted by atomic mass is 9.91. The van der Waals surface area contributed by atoms with E-state index in [1.54, 1.807) is 0 Å². The highest BCUT2D eigenvalue weighted by atomic mass is 79.9. The summed E-state index contributed by atoms with van der Waals surface area (Å²) in [6, 6.07) is 10.1. The van der Waals surface area contributed by atoms with Crippen molar-refractivity contribution >= 4 is 15.9 Å². The van der Waals surface area contributed by atoms with E-state index in [4.69, 9.17) is 0 Å². The van der Waals surface area contributed by atoms with Gasteiger partial charge in [0.2, 0.25) is 0 Å². The number of nitrogens with zero attached hydrogens (tertiary/aromatic N) is 1. The fourth-order valence-electron chi connectivity index (χ4n) is 2.91. The summed E-state index contributed by atoms with van der Waals surface area (Å²) < 4.78 is 1.04. The third-order valence-electron chi connectivity index (χ3n) is 4.01. The highest BCUT2D eigenvalue weighted by Crippen LogP contribution is 2.41. The standard InChI is InChI=1S/C16H16BrNO/c1-10-12(5-2-6-14(10)17)16(19)13-8-7-11-4-3-9-18-15(11)13/h2-6,9,13,16,19H,7-8H2,1H3. The summed E-state index contributed by atoms with van der Waals surface area (Å²) in [4.78, 5) is 4.47. The van der Waals surface area contributed by atoms with Crippen LogP contribution in [-0.2, 0) is 6.42 Å². The first-order valence-electron chi connectivity index (χ1n) is 6.55. The predicted molar refractivity (Wildman–Crippen MR) is 79.1 cm³/mol. The third kappa shape index (κ3) is 2.21. The second kappa shape index (κ2) is 5.06. The fourth-order valence-corrected chi connectivity index (χ4v) is 3.29. The molecule has 3 heteroatoms. The van der Waals surface area contributed by atoms with Gasteiger partial charge in [0, 0.05) is 22.3 Å². The van der Waals surface area contributed by atoms with Crippen molar-refractivity contribution in [3.63, 3.8) is 0 Å². The molecule has 1 aliphatic rings. The Morgan fingerprint density at radius 3 is 3.00 bits per heavy atom. The molecule has 1 heterocycles. The molecule has 0 fully saturated rings. The fraction of sp³-hybridized carbons (Fsp3) is 0.312. The Labute approximate surface area is 121 Å². The molecule has 0 saturated heterocycles. The maximum Gasteiger partial charge on any atom is 0.0876 e. The van der Waals surface area contributed by atoms with Gasteiger partial charge in [-0.1, -0.05) is 34.1 Å². The number of hydrogen-bond acceptors (Lipinski definition) is 2. The van der Waals surface area contributed by atoms with Gasteiger partial charge < -0.3 is 5.11 Å². The van der Waals surface area contributed by atoms with Crippen LogP contribution < -0.4 is 0 Å². The molecule has 0 amide bonds. The van der Waals surface area contributed by atoms with E-state index in [1.165, 1.54) is 5.56 Å². The lowest BCUT2D eigenvalue weighted by Gasteiger charge is -2.21. The van der Waals surface area contributed by atoms with E-state index < -0.39 is 6.10 Å². The molecule has 98 valence electrons. The van der Waals surface area contributed by atoms with Gasteiger partial charge >= 0.3 is 0 Å². The van der Waals surface area contributed by atoms with Crippen LogP contribution >= 0.6 is 15.9 Å². The SMILES string of the molecule is Cc1c(Br)cccc1C(O)C1CCc2cccnc21. The van der Waals surface area contributed by atoms with Crippen molar-refractivity contribution in [3.05, 3.63) is 63.4 Å². The van der Waals surface area contributed by atoms with Gasteiger partial charge in [0.1, 0.15) is 0 Å². The third-order valence-corrected chi connectivity index (χ3v) is 4.87. The summed E-state index contributed by atoms with van der Waals surface area (Å²) in [6.07, 6.45) is 3.32. The predicted octanol–water partition coefficient (Wildman–Crippen LogP) is 3.92. The molecule has 1 aromatic carbocycles. The molecular weight excluding hydrogens is 302 g/mol. The van der Waals surface area contributed by atoms with Gasteiger partial charge in [0.05, 0.1) is 6.10 Å². The van der Waals surface area contributed by atoms with E-state index in [2.05, 4.69) is 27.0 Å². The summed E-state index contributed by atoms with van der Waals surface area (Å²) in [5.41, 5.74) is 4.45. The Kier molecular flexibility index (Phi) is 3.42. The van der Waals surface area contributed by atoms with Crippen LogP contribution in [0.25, 0.3) is 0 Å². The molecule has 0 aliphatic heterocycles. The van der Waals surface area contributed by atoms with Crippen LogP contribution in [0.2, 0.25) is 0 Å². The lowest BCUT2D eigenvalue weighted by Crippen LogP contribution is -2.11. The number of aliphatic hydroxyl groups is 1. The Morgan fingerprint density at radius 2 is 2.16 bits per heavy atom. The highest BCUT2D eigenvalue weighted by Gasteiger charge is 2.31. The molecule has 2 atom stereocenters. The van der Waals surface area contributed by atoms with E-state index in [9.17, 15) is 5.11 Å². The molecule has 2 nitrogen and oxygen atoms in total. The van der Waals surface area contributed by atoms with Crippen molar-refractivity contribution in [2.45, 2.75) is 31.8 Å². The summed E-state index contributed by atoms with van der Waals surface area (Å²) in [5.74, 6) is 0.115. The number of rotatable bonds is 2. The second-order valence-electron chi connectivity index (χ2n) is 5.09. The largest absolute Gasteiger partial charge is 0.388 e. The minimum absolute atomic E-state index is 0.115. The topological polar surface area (TPSA) is 33.1 Å². The first kappa shape index (κ1) is 12.8. The summed E-state index contributed by atoms with van der Waals surface area (Å²) in [6.45, 7) is 2.04. The van der Waals surface area contributed by atoms with E-state index in [0.717, 1.165) is 34.1 Å². The van der Waals surface area contributed by atoms with Gasteiger partial charge in [-0.05, 0) is 48.6 Å². The number of hydrogen-bond donors (Lipinski definition) is 1. The second-order valence-corrected chi connectivity index (χ2v) is 5.95. The molecule has 1 aliphatic carbocycles. The minimum Gasteiger partial charge on any atom is -0.388 e. The van der Waals surface area contributed by atoms with Crippen LogP contribution in [0, 0.1) is 6.92 Å². The van der Waals surface area contributed by atoms with Crippen molar-refractivity contribution in [1.29, 1.82) is 0 Å². The zero-order valence-electron chi connectivity index (χ0n) is 10.8. The van der Waals surface area contributed by atoms with E-state index in [0.29, 0.717) is 0 Å². The van der Waals surface area contributed by atoms with Gasteiger partial charge in [0.25, 0.3) is 0 Å². The van der Waals surface area contributed by atoms with Crippen LogP contribution in [0.1, 0.15) is 40.8 Å². The maximum atomic E-state index is 10.7. The molecule has 0 spiro atoms. The molecule has 0 radical (unpaired) electrons. The zero-order chi connectivity index (χ0) is 13.4. The maximum absolute atomic E-state index is 10.7. The molecule has 2 unspecified atom stereocenters. The number of aryl methyl sites for hydroxylation is 1. The molecule has 0 bridgehead atoms. The Hall–Kier alpha value is -1.19. The molecule has 0 saturated carbocycles. The average Bonchev–Trinajstić information content (AvgIpc) is 2.85. The molecular formula is C16H16BrNO. The summed E-state index contributed by atoms with van der Waals surface area (Å²) in [7, 11) is 0. The summed E-state index contributed by atoms with van der Waals surface area (Å²) >= 11 is 3.53. The zero-order valence-corrected chi connectivity index (χ0v) is 12.4. The van der Waals surface area contributed by atoms with Crippen LogP contribution in [0.4, 0.5) is 0 Å². The Morgan fingerprint density at radius 1 is 1.32 bits per heavy atom. The number of aliphatic hydroxyl groups excluding tert-OH is 1. The van der Waals surface area contributed by atoms with Crippen molar-refractivity contribution in [3.8, 4) is 0 Å². The van der Waals surface area contributed by atoms with Crippen molar-refractivity contribution < 1.29 is 5.11 Å². The lowest BCUT2D eigenvalue weighted by molar-refractivity contribution is 0.142. The Balaban J connectivity index is 1.98. The number of pyridine rings is 1.